The highest BCUT2D eigenvalue weighted by Gasteiger charge is 2.09. The molecular weight excluding hydrogens is 268 g/mol. The van der Waals surface area contributed by atoms with Gasteiger partial charge in [0.05, 0.1) is 5.71 Å². The van der Waals surface area contributed by atoms with Crippen LogP contribution < -0.4 is 0 Å². The minimum atomic E-state index is 0. The summed E-state index contributed by atoms with van der Waals surface area (Å²) in [5, 5.41) is 5.39. The van der Waals surface area contributed by atoms with Crippen molar-refractivity contribution in [3.63, 3.8) is 0 Å². The van der Waals surface area contributed by atoms with Gasteiger partial charge in [0.25, 0.3) is 0 Å². The van der Waals surface area contributed by atoms with E-state index >= 15 is 0 Å². The number of oxime groups is 1. The fourth-order valence-electron chi connectivity index (χ4n) is 1.18. The quantitative estimate of drug-likeness (QED) is 0.574. The van der Waals surface area contributed by atoms with Crippen molar-refractivity contribution in [3.8, 4) is 0 Å². The zero-order valence-corrected chi connectivity index (χ0v) is 10.6. The maximum Gasteiger partial charge on any atom is 0.106 e. The van der Waals surface area contributed by atoms with Gasteiger partial charge in [-0.1, -0.05) is 47.4 Å². The second-order valence-electron chi connectivity index (χ2n) is 3.03. The van der Waals surface area contributed by atoms with Crippen LogP contribution in [0.3, 0.4) is 0 Å². The van der Waals surface area contributed by atoms with Crippen LogP contribution in [0, 0.1) is 0 Å². The molecule has 0 aliphatic carbocycles. The van der Waals surface area contributed by atoms with Gasteiger partial charge in [-0.3, -0.25) is 0 Å². The van der Waals surface area contributed by atoms with Crippen LogP contribution in [0.5, 0.6) is 0 Å². The predicted octanol–water partition coefficient (Wildman–Crippen LogP) is 4.85. The number of rotatable bonds is 3. The highest BCUT2D eigenvalue weighted by molar-refractivity contribution is 6.39. The van der Waals surface area contributed by atoms with Crippen LogP contribution in [0.1, 0.15) is 19.9 Å². The van der Waals surface area contributed by atoms with E-state index in [2.05, 4.69) is 9.99 Å². The lowest BCUT2D eigenvalue weighted by molar-refractivity contribution is 0.212. The monoisotopic (exact) mass is 281 g/mol. The Hall–Kier alpha value is -0.440. The number of benzene rings is 1. The molecule has 0 radical (unpaired) electrons. The highest BCUT2D eigenvalue weighted by atomic mass is 35.5. The van der Waals surface area contributed by atoms with E-state index in [1.807, 2.05) is 6.92 Å². The van der Waals surface area contributed by atoms with Gasteiger partial charge in [-0.2, -0.15) is 0 Å². The standard InChI is InChI=1S/C10H10Cl3NO.CH4/c1-6(14-15-2)3-8-9(12)4-7(11)5-10(8)13;/h4-5H,3H2,1-2H3;1H4/b14-6+;. The molecule has 0 amide bonds. The van der Waals surface area contributed by atoms with Gasteiger partial charge in [0.1, 0.15) is 7.11 Å². The molecule has 0 spiro atoms. The molecule has 0 atom stereocenters. The fourth-order valence-corrected chi connectivity index (χ4v) is 2.14. The summed E-state index contributed by atoms with van der Waals surface area (Å²) in [6, 6.07) is 3.31. The summed E-state index contributed by atoms with van der Waals surface area (Å²) in [5.74, 6) is 0. The van der Waals surface area contributed by atoms with E-state index in [1.165, 1.54) is 7.11 Å². The van der Waals surface area contributed by atoms with Gasteiger partial charge in [-0.25, -0.2) is 0 Å². The molecule has 1 aromatic rings. The second-order valence-corrected chi connectivity index (χ2v) is 4.28. The molecule has 90 valence electrons. The molecule has 5 heteroatoms. The van der Waals surface area contributed by atoms with E-state index in [1.54, 1.807) is 12.1 Å². The van der Waals surface area contributed by atoms with Gasteiger partial charge in [-0.05, 0) is 24.6 Å². The normalized spacial score (nSPS) is 10.9. The number of halogens is 3. The zero-order chi connectivity index (χ0) is 11.4. The van der Waals surface area contributed by atoms with Crippen LogP contribution in [-0.2, 0) is 11.3 Å². The van der Waals surface area contributed by atoms with Crippen molar-refractivity contribution in [1.29, 1.82) is 0 Å². The van der Waals surface area contributed by atoms with Crippen LogP contribution in [0.25, 0.3) is 0 Å². The van der Waals surface area contributed by atoms with Gasteiger partial charge < -0.3 is 4.84 Å². The maximum absolute atomic E-state index is 6.01. The first kappa shape index (κ1) is 15.6. The third-order valence-corrected chi connectivity index (χ3v) is 2.68. The summed E-state index contributed by atoms with van der Waals surface area (Å²) in [6.45, 7) is 1.84. The van der Waals surface area contributed by atoms with Crippen molar-refractivity contribution < 1.29 is 4.84 Å². The Labute approximate surface area is 111 Å². The van der Waals surface area contributed by atoms with E-state index in [4.69, 9.17) is 34.8 Å². The van der Waals surface area contributed by atoms with Crippen LogP contribution in [0.15, 0.2) is 17.3 Å². The average Bonchev–Trinajstić information content (AvgIpc) is 2.11. The van der Waals surface area contributed by atoms with E-state index < -0.39 is 0 Å². The SMILES string of the molecule is C.CO/N=C(\C)Cc1c(Cl)cc(Cl)cc1Cl. The second kappa shape index (κ2) is 7.00. The Morgan fingerprint density at radius 1 is 1.25 bits per heavy atom. The molecule has 0 saturated heterocycles. The van der Waals surface area contributed by atoms with Crippen LogP contribution in [0.4, 0.5) is 0 Å². The molecule has 1 aromatic carbocycles. The molecule has 16 heavy (non-hydrogen) atoms. The van der Waals surface area contributed by atoms with Gasteiger partial charge >= 0.3 is 0 Å². The Kier molecular flexibility index (Phi) is 6.81. The molecule has 0 saturated carbocycles. The lowest BCUT2D eigenvalue weighted by atomic mass is 10.1. The molecule has 1 rings (SSSR count). The van der Waals surface area contributed by atoms with Crippen molar-refractivity contribution >= 4 is 40.5 Å². The number of nitrogens with zero attached hydrogens (tertiary/aromatic N) is 1. The first-order valence-corrected chi connectivity index (χ1v) is 5.38. The Morgan fingerprint density at radius 3 is 2.19 bits per heavy atom. The molecular formula is C11H14Cl3NO. The van der Waals surface area contributed by atoms with E-state index in [0.717, 1.165) is 11.3 Å². The lowest BCUT2D eigenvalue weighted by Crippen LogP contribution is -2.00. The summed E-state index contributed by atoms with van der Waals surface area (Å²) in [7, 11) is 1.49. The summed E-state index contributed by atoms with van der Waals surface area (Å²) in [6.07, 6.45) is 0.544. The van der Waals surface area contributed by atoms with Crippen LogP contribution >= 0.6 is 34.8 Å². The van der Waals surface area contributed by atoms with Gasteiger partial charge in [0.15, 0.2) is 0 Å². The highest BCUT2D eigenvalue weighted by Crippen LogP contribution is 2.29. The minimum absolute atomic E-state index is 0. The number of hydrogen-bond donors (Lipinski definition) is 0. The number of hydrogen-bond acceptors (Lipinski definition) is 2. The Balaban J connectivity index is 0.00000225. The molecule has 0 N–H and O–H groups in total. The molecule has 0 heterocycles. The Bertz CT molecular complexity index is 368. The topological polar surface area (TPSA) is 21.6 Å². The molecule has 0 aromatic heterocycles. The summed E-state index contributed by atoms with van der Waals surface area (Å²) in [5.41, 5.74) is 1.60. The van der Waals surface area contributed by atoms with E-state index in [0.29, 0.717) is 21.5 Å². The van der Waals surface area contributed by atoms with Crippen molar-refractivity contribution in [2.45, 2.75) is 20.8 Å². The molecule has 0 bridgehead atoms. The minimum Gasteiger partial charge on any atom is -0.399 e. The van der Waals surface area contributed by atoms with Crippen LogP contribution in [0.2, 0.25) is 15.1 Å². The average molecular weight is 283 g/mol. The molecule has 0 fully saturated rings. The summed E-state index contributed by atoms with van der Waals surface area (Å²) in [4.78, 5) is 4.66. The van der Waals surface area contributed by atoms with E-state index in [9.17, 15) is 0 Å². The summed E-state index contributed by atoms with van der Waals surface area (Å²) >= 11 is 17.8. The zero-order valence-electron chi connectivity index (χ0n) is 8.35. The van der Waals surface area contributed by atoms with Gasteiger partial charge in [0, 0.05) is 21.5 Å². The van der Waals surface area contributed by atoms with Gasteiger partial charge in [0.2, 0.25) is 0 Å². The van der Waals surface area contributed by atoms with Crippen molar-refractivity contribution in [2.75, 3.05) is 7.11 Å². The third kappa shape index (κ3) is 4.20. The lowest BCUT2D eigenvalue weighted by Gasteiger charge is -2.06. The first-order valence-electron chi connectivity index (χ1n) is 4.24. The smallest absolute Gasteiger partial charge is 0.106 e. The Morgan fingerprint density at radius 2 is 1.75 bits per heavy atom. The molecule has 0 unspecified atom stereocenters. The third-order valence-electron chi connectivity index (χ3n) is 1.79. The predicted molar refractivity (Wildman–Crippen MR) is 72.0 cm³/mol. The van der Waals surface area contributed by atoms with Crippen molar-refractivity contribution in [3.05, 3.63) is 32.8 Å². The fraction of sp³-hybridized carbons (Fsp3) is 0.364. The maximum atomic E-state index is 6.01. The molecule has 0 aliphatic rings. The molecule has 0 aliphatic heterocycles. The summed E-state index contributed by atoms with van der Waals surface area (Å²) < 4.78 is 0. The van der Waals surface area contributed by atoms with Gasteiger partial charge in [-0.15, -0.1) is 0 Å². The van der Waals surface area contributed by atoms with Crippen LogP contribution in [-0.4, -0.2) is 12.8 Å². The van der Waals surface area contributed by atoms with Crippen molar-refractivity contribution in [2.24, 2.45) is 5.16 Å². The first-order chi connectivity index (χ1) is 7.04. The van der Waals surface area contributed by atoms with E-state index in [-0.39, 0.29) is 7.43 Å². The van der Waals surface area contributed by atoms with Crippen molar-refractivity contribution in [1.82, 2.24) is 0 Å². The molecule has 2 nitrogen and oxygen atoms in total. The largest absolute Gasteiger partial charge is 0.399 e.